The fourth-order valence-electron chi connectivity index (χ4n) is 4.05. The molecule has 1 N–H and O–H groups in total. The number of imide groups is 1. The number of carbonyl (C=O) groups excluding carboxylic acids is 2. The Labute approximate surface area is 179 Å². The summed E-state index contributed by atoms with van der Waals surface area (Å²) in [5, 5.41) is 10.9. The Bertz CT molecular complexity index is 747. The molecule has 2 amide bonds. The number of benzene rings is 1. The van der Waals surface area contributed by atoms with Crippen molar-refractivity contribution < 1.29 is 24.2 Å². The smallest absolute Gasteiger partial charge is 0.416 e. The standard InChI is InChI=1S/C24H33NO5/c1-6-7-11-16(2)22(29-5)17(3)21(26)18(4)23(27)25-20(15-30-24(25)28)14-19-12-9-8-10-13-19/h6-13,16-18,20-22,26H,1,14-15H2,2-5H3/b11-7+. The molecule has 1 aromatic carbocycles. The third-order valence-electron chi connectivity index (χ3n) is 5.81. The largest absolute Gasteiger partial charge is 0.447 e. The van der Waals surface area contributed by atoms with Gasteiger partial charge in [0.15, 0.2) is 0 Å². The van der Waals surface area contributed by atoms with Crippen LogP contribution in [0.25, 0.3) is 0 Å². The van der Waals surface area contributed by atoms with Crippen molar-refractivity contribution in [2.24, 2.45) is 17.8 Å². The van der Waals surface area contributed by atoms with Crippen molar-refractivity contribution in [3.63, 3.8) is 0 Å². The molecule has 2 rings (SSSR count). The van der Waals surface area contributed by atoms with E-state index in [-0.39, 0.29) is 30.6 Å². The van der Waals surface area contributed by atoms with Gasteiger partial charge in [0.2, 0.25) is 5.91 Å². The van der Waals surface area contributed by atoms with Crippen LogP contribution in [0.5, 0.6) is 0 Å². The van der Waals surface area contributed by atoms with Crippen LogP contribution in [-0.2, 0) is 20.7 Å². The predicted octanol–water partition coefficient (Wildman–Crippen LogP) is 3.60. The van der Waals surface area contributed by atoms with E-state index in [1.165, 1.54) is 0 Å². The zero-order valence-electron chi connectivity index (χ0n) is 18.2. The Morgan fingerprint density at radius 1 is 1.33 bits per heavy atom. The van der Waals surface area contributed by atoms with Crippen molar-refractivity contribution in [2.75, 3.05) is 13.7 Å². The van der Waals surface area contributed by atoms with Gasteiger partial charge in [0.25, 0.3) is 0 Å². The van der Waals surface area contributed by atoms with Crippen molar-refractivity contribution in [3.8, 4) is 0 Å². The van der Waals surface area contributed by atoms with Gasteiger partial charge in [-0.2, -0.15) is 0 Å². The van der Waals surface area contributed by atoms with Crippen LogP contribution in [-0.4, -0.2) is 54.0 Å². The lowest BCUT2D eigenvalue weighted by atomic mass is 9.83. The number of aliphatic hydroxyl groups excluding tert-OH is 1. The van der Waals surface area contributed by atoms with Gasteiger partial charge in [-0.1, -0.05) is 75.9 Å². The molecule has 6 atom stereocenters. The van der Waals surface area contributed by atoms with Crippen LogP contribution in [0.15, 0.2) is 55.1 Å². The van der Waals surface area contributed by atoms with Crippen LogP contribution in [0.4, 0.5) is 4.79 Å². The molecule has 1 aromatic rings. The lowest BCUT2D eigenvalue weighted by Gasteiger charge is -2.34. The number of allylic oxidation sites excluding steroid dienone is 2. The Kier molecular flexibility index (Phi) is 8.81. The number of nitrogens with zero attached hydrogens (tertiary/aromatic N) is 1. The Morgan fingerprint density at radius 2 is 2.00 bits per heavy atom. The van der Waals surface area contributed by atoms with Crippen LogP contribution < -0.4 is 0 Å². The third-order valence-corrected chi connectivity index (χ3v) is 5.81. The summed E-state index contributed by atoms with van der Waals surface area (Å²) in [6.07, 6.45) is 4.05. The number of ether oxygens (including phenoxy) is 2. The Hall–Kier alpha value is -2.44. The van der Waals surface area contributed by atoms with Gasteiger partial charge < -0.3 is 14.6 Å². The van der Waals surface area contributed by atoms with E-state index in [9.17, 15) is 14.7 Å². The molecular weight excluding hydrogens is 382 g/mol. The molecule has 6 nitrogen and oxygen atoms in total. The van der Waals surface area contributed by atoms with Crippen molar-refractivity contribution in [3.05, 3.63) is 60.7 Å². The first-order chi connectivity index (χ1) is 14.3. The molecule has 1 aliphatic rings. The molecule has 0 aliphatic carbocycles. The molecule has 0 aromatic heterocycles. The lowest BCUT2D eigenvalue weighted by molar-refractivity contribution is -0.139. The predicted molar refractivity (Wildman–Crippen MR) is 116 cm³/mol. The second-order valence-electron chi connectivity index (χ2n) is 7.95. The minimum atomic E-state index is -0.979. The molecule has 1 fully saturated rings. The maximum Gasteiger partial charge on any atom is 0.416 e. The number of aliphatic hydroxyl groups is 1. The van der Waals surface area contributed by atoms with Crippen molar-refractivity contribution in [1.29, 1.82) is 0 Å². The van der Waals surface area contributed by atoms with Crippen LogP contribution in [0.1, 0.15) is 26.3 Å². The molecular formula is C24H33NO5. The third kappa shape index (κ3) is 5.58. The van der Waals surface area contributed by atoms with Crippen LogP contribution in [0.3, 0.4) is 0 Å². The number of hydrogen-bond acceptors (Lipinski definition) is 5. The molecule has 30 heavy (non-hydrogen) atoms. The molecule has 164 valence electrons. The highest BCUT2D eigenvalue weighted by Crippen LogP contribution is 2.27. The summed E-state index contributed by atoms with van der Waals surface area (Å²) in [4.78, 5) is 26.6. The van der Waals surface area contributed by atoms with E-state index in [0.717, 1.165) is 10.5 Å². The number of rotatable bonds is 10. The molecule has 0 bridgehead atoms. The quantitative estimate of drug-likeness (QED) is 0.591. The maximum atomic E-state index is 13.2. The molecule has 1 aliphatic heterocycles. The van der Waals surface area contributed by atoms with E-state index >= 15 is 0 Å². The van der Waals surface area contributed by atoms with Crippen LogP contribution >= 0.6 is 0 Å². The zero-order chi connectivity index (χ0) is 22.3. The van der Waals surface area contributed by atoms with E-state index in [2.05, 4.69) is 6.58 Å². The monoisotopic (exact) mass is 415 g/mol. The van der Waals surface area contributed by atoms with E-state index in [4.69, 9.17) is 9.47 Å². The highest BCUT2D eigenvalue weighted by Gasteiger charge is 2.43. The number of amides is 2. The Balaban J connectivity index is 2.12. The Morgan fingerprint density at radius 3 is 2.60 bits per heavy atom. The first-order valence-electron chi connectivity index (χ1n) is 10.4. The van der Waals surface area contributed by atoms with Gasteiger partial charge in [-0.25, -0.2) is 9.69 Å². The minimum Gasteiger partial charge on any atom is -0.447 e. The van der Waals surface area contributed by atoms with Crippen molar-refractivity contribution >= 4 is 12.0 Å². The SMILES string of the molecule is C=C/C=C/C(C)C(OC)C(C)C(O)C(C)C(=O)N1C(=O)OCC1Cc1ccccc1. The van der Waals surface area contributed by atoms with Gasteiger partial charge in [0.05, 0.1) is 24.2 Å². The summed E-state index contributed by atoms with van der Waals surface area (Å²) < 4.78 is 10.8. The van der Waals surface area contributed by atoms with Gasteiger partial charge in [0.1, 0.15) is 6.61 Å². The summed E-state index contributed by atoms with van der Waals surface area (Å²) in [6, 6.07) is 9.27. The average molecular weight is 416 g/mol. The van der Waals surface area contributed by atoms with E-state index in [1.54, 1.807) is 20.1 Å². The topological polar surface area (TPSA) is 76.1 Å². The second kappa shape index (κ2) is 11.1. The fourth-order valence-corrected chi connectivity index (χ4v) is 4.05. The van der Waals surface area contributed by atoms with Gasteiger partial charge in [-0.3, -0.25) is 4.79 Å². The molecule has 0 saturated carbocycles. The molecule has 6 heteroatoms. The molecule has 1 heterocycles. The number of carbonyl (C=O) groups is 2. The highest BCUT2D eigenvalue weighted by molar-refractivity contribution is 5.95. The average Bonchev–Trinajstić information content (AvgIpc) is 3.11. The first kappa shape index (κ1) is 23.8. The normalized spacial score (nSPS) is 21.7. The molecule has 6 unspecified atom stereocenters. The molecule has 0 radical (unpaired) electrons. The minimum absolute atomic E-state index is 0.0162. The summed E-state index contributed by atoms with van der Waals surface area (Å²) in [7, 11) is 1.59. The van der Waals surface area contributed by atoms with Crippen LogP contribution in [0.2, 0.25) is 0 Å². The van der Waals surface area contributed by atoms with Crippen LogP contribution in [0, 0.1) is 17.8 Å². The molecule has 1 saturated heterocycles. The maximum absolute atomic E-state index is 13.2. The first-order valence-corrected chi connectivity index (χ1v) is 10.4. The summed E-state index contributed by atoms with van der Waals surface area (Å²) >= 11 is 0. The van der Waals surface area contributed by atoms with Gasteiger partial charge in [-0.15, -0.1) is 0 Å². The highest BCUT2D eigenvalue weighted by atomic mass is 16.6. The zero-order valence-corrected chi connectivity index (χ0v) is 18.2. The van der Waals surface area contributed by atoms with E-state index < -0.39 is 24.0 Å². The number of hydrogen-bond donors (Lipinski definition) is 1. The van der Waals surface area contributed by atoms with E-state index in [1.807, 2.05) is 56.3 Å². The van der Waals surface area contributed by atoms with Gasteiger partial charge in [0, 0.05) is 18.9 Å². The fraction of sp³-hybridized carbons (Fsp3) is 0.500. The lowest BCUT2D eigenvalue weighted by Crippen LogP contribution is -2.48. The second-order valence-corrected chi connectivity index (χ2v) is 7.95. The number of methoxy groups -OCH3 is 1. The number of cyclic esters (lactones) is 1. The van der Waals surface area contributed by atoms with Crippen molar-refractivity contribution in [1.82, 2.24) is 4.90 Å². The summed E-state index contributed by atoms with van der Waals surface area (Å²) in [5.74, 6) is -1.52. The van der Waals surface area contributed by atoms with Gasteiger partial charge in [-0.05, 0) is 12.0 Å². The van der Waals surface area contributed by atoms with Gasteiger partial charge >= 0.3 is 6.09 Å². The van der Waals surface area contributed by atoms with E-state index in [0.29, 0.717) is 6.42 Å². The summed E-state index contributed by atoms with van der Waals surface area (Å²) in [5.41, 5.74) is 1.02. The summed E-state index contributed by atoms with van der Waals surface area (Å²) in [6.45, 7) is 9.30. The molecule has 0 spiro atoms. The van der Waals surface area contributed by atoms with Crippen molar-refractivity contribution in [2.45, 2.75) is 45.4 Å².